The van der Waals surface area contributed by atoms with Crippen LogP contribution in [0, 0.1) is 0 Å². The number of hydrogen-bond acceptors (Lipinski definition) is 2. The van der Waals surface area contributed by atoms with Crippen LogP contribution in [0.25, 0.3) is 50.3 Å². The Labute approximate surface area is 180 Å². The lowest BCUT2D eigenvalue weighted by Gasteiger charge is -2.09. The SMILES string of the molecule is c1ccc(-c2cccc(-n3c4ccccc4c4ccc(-c5ccccc5)nc43)n2)cc1. The van der Waals surface area contributed by atoms with Gasteiger partial charge < -0.3 is 0 Å². The molecule has 0 N–H and O–H groups in total. The van der Waals surface area contributed by atoms with Gasteiger partial charge in [-0.3, -0.25) is 4.57 Å². The summed E-state index contributed by atoms with van der Waals surface area (Å²) in [5.74, 6) is 0.866. The van der Waals surface area contributed by atoms with E-state index in [1.165, 1.54) is 5.39 Å². The number of para-hydroxylation sites is 1. The highest BCUT2D eigenvalue weighted by Gasteiger charge is 2.15. The third-order valence-electron chi connectivity index (χ3n) is 5.62. The summed E-state index contributed by atoms with van der Waals surface area (Å²) in [6.07, 6.45) is 0. The van der Waals surface area contributed by atoms with Crippen LogP contribution in [0.15, 0.2) is 115 Å². The van der Waals surface area contributed by atoms with E-state index in [1.807, 2.05) is 36.4 Å². The first kappa shape index (κ1) is 17.6. The molecule has 6 aromatic rings. The molecule has 0 fully saturated rings. The summed E-state index contributed by atoms with van der Waals surface area (Å²) < 4.78 is 2.17. The Hall–Kier alpha value is -4.24. The minimum absolute atomic E-state index is 0.866. The van der Waals surface area contributed by atoms with Crippen LogP contribution in [0.2, 0.25) is 0 Å². The number of fused-ring (bicyclic) bond motifs is 3. The molecule has 3 heteroatoms. The zero-order chi connectivity index (χ0) is 20.6. The average Bonchev–Trinajstić information content (AvgIpc) is 3.19. The fraction of sp³-hybridized carbons (Fsp3) is 0. The fourth-order valence-electron chi connectivity index (χ4n) is 4.16. The Morgan fingerprint density at radius 2 is 1.10 bits per heavy atom. The van der Waals surface area contributed by atoms with Gasteiger partial charge in [0.25, 0.3) is 0 Å². The van der Waals surface area contributed by atoms with Gasteiger partial charge in [-0.2, -0.15) is 0 Å². The van der Waals surface area contributed by atoms with Crippen molar-refractivity contribution in [1.29, 1.82) is 0 Å². The van der Waals surface area contributed by atoms with Gasteiger partial charge in [0.1, 0.15) is 11.5 Å². The zero-order valence-electron chi connectivity index (χ0n) is 16.8. The highest BCUT2D eigenvalue weighted by Crippen LogP contribution is 2.32. The molecule has 3 aromatic carbocycles. The summed E-state index contributed by atoms with van der Waals surface area (Å²) in [6, 6.07) is 39.4. The summed E-state index contributed by atoms with van der Waals surface area (Å²) >= 11 is 0. The molecular formula is C28H19N3. The van der Waals surface area contributed by atoms with Gasteiger partial charge in [0.2, 0.25) is 0 Å². The number of hydrogen-bond donors (Lipinski definition) is 0. The number of rotatable bonds is 3. The van der Waals surface area contributed by atoms with Gasteiger partial charge in [0.15, 0.2) is 0 Å². The second-order valence-corrected chi connectivity index (χ2v) is 7.53. The van der Waals surface area contributed by atoms with E-state index in [9.17, 15) is 0 Å². The monoisotopic (exact) mass is 397 g/mol. The smallest absolute Gasteiger partial charge is 0.147 e. The molecule has 0 aliphatic rings. The van der Waals surface area contributed by atoms with Crippen LogP contribution >= 0.6 is 0 Å². The van der Waals surface area contributed by atoms with Gasteiger partial charge in [0, 0.05) is 21.9 Å². The van der Waals surface area contributed by atoms with Crippen LogP contribution in [-0.2, 0) is 0 Å². The Balaban J connectivity index is 1.63. The molecule has 0 radical (unpaired) electrons. The predicted octanol–water partition coefficient (Wildman–Crippen LogP) is 6.91. The summed E-state index contributed by atoms with van der Waals surface area (Å²) in [4.78, 5) is 10.1. The van der Waals surface area contributed by atoms with Crippen LogP contribution in [0.1, 0.15) is 0 Å². The average molecular weight is 397 g/mol. The van der Waals surface area contributed by atoms with E-state index >= 15 is 0 Å². The Morgan fingerprint density at radius 1 is 0.452 bits per heavy atom. The lowest BCUT2D eigenvalue weighted by Crippen LogP contribution is -2.00. The molecule has 0 bridgehead atoms. The highest BCUT2D eigenvalue weighted by atomic mass is 15.1. The summed E-state index contributed by atoms with van der Waals surface area (Å²) in [5.41, 5.74) is 6.13. The van der Waals surface area contributed by atoms with Gasteiger partial charge in [-0.25, -0.2) is 9.97 Å². The van der Waals surface area contributed by atoms with Crippen LogP contribution in [0.3, 0.4) is 0 Å². The summed E-state index contributed by atoms with van der Waals surface area (Å²) in [6.45, 7) is 0. The van der Waals surface area contributed by atoms with Crippen molar-refractivity contribution in [3.8, 4) is 28.3 Å². The molecule has 0 saturated carbocycles. The molecule has 0 aliphatic carbocycles. The summed E-state index contributed by atoms with van der Waals surface area (Å²) in [7, 11) is 0. The van der Waals surface area contributed by atoms with Crippen molar-refractivity contribution in [2.75, 3.05) is 0 Å². The van der Waals surface area contributed by atoms with Gasteiger partial charge in [-0.1, -0.05) is 84.9 Å². The third kappa shape index (κ3) is 2.99. The zero-order valence-corrected chi connectivity index (χ0v) is 16.8. The molecule has 3 aromatic heterocycles. The molecule has 3 nitrogen and oxygen atoms in total. The molecule has 0 atom stereocenters. The maximum absolute atomic E-state index is 5.08. The minimum Gasteiger partial charge on any atom is -0.278 e. The quantitative estimate of drug-likeness (QED) is 0.325. The second kappa shape index (κ2) is 7.22. The molecule has 0 spiro atoms. The lowest BCUT2D eigenvalue weighted by atomic mass is 10.1. The Kier molecular flexibility index (Phi) is 4.10. The van der Waals surface area contributed by atoms with Crippen molar-refractivity contribution in [2.45, 2.75) is 0 Å². The van der Waals surface area contributed by atoms with Crippen molar-refractivity contribution < 1.29 is 0 Å². The van der Waals surface area contributed by atoms with E-state index in [0.29, 0.717) is 0 Å². The van der Waals surface area contributed by atoms with Crippen LogP contribution in [-0.4, -0.2) is 14.5 Å². The van der Waals surface area contributed by atoms with Crippen LogP contribution in [0.4, 0.5) is 0 Å². The van der Waals surface area contributed by atoms with Crippen molar-refractivity contribution >= 4 is 21.9 Å². The first-order valence-corrected chi connectivity index (χ1v) is 10.4. The number of pyridine rings is 2. The molecule has 0 saturated heterocycles. The minimum atomic E-state index is 0.866. The van der Waals surface area contributed by atoms with E-state index in [0.717, 1.165) is 44.9 Å². The molecule has 6 rings (SSSR count). The molecular weight excluding hydrogens is 378 g/mol. The predicted molar refractivity (Wildman–Crippen MR) is 127 cm³/mol. The van der Waals surface area contributed by atoms with Crippen molar-refractivity contribution in [3.05, 3.63) is 115 Å². The maximum Gasteiger partial charge on any atom is 0.147 e. The number of nitrogens with zero attached hydrogens (tertiary/aromatic N) is 3. The van der Waals surface area contributed by atoms with E-state index < -0.39 is 0 Å². The molecule has 0 unspecified atom stereocenters. The van der Waals surface area contributed by atoms with E-state index in [4.69, 9.17) is 9.97 Å². The standard InChI is InChI=1S/C28H19N3/c1-3-10-20(11-4-1)24-15-9-17-27(29-24)31-26-16-8-7-14-22(26)23-18-19-25(30-28(23)31)21-12-5-2-6-13-21/h1-19H. The fourth-order valence-corrected chi connectivity index (χ4v) is 4.16. The highest BCUT2D eigenvalue weighted by molar-refractivity contribution is 6.08. The molecule has 3 heterocycles. The maximum atomic E-state index is 5.08. The molecule has 0 aliphatic heterocycles. The first-order chi connectivity index (χ1) is 15.4. The van der Waals surface area contributed by atoms with E-state index in [1.54, 1.807) is 0 Å². The normalized spacial score (nSPS) is 11.2. The van der Waals surface area contributed by atoms with Crippen molar-refractivity contribution in [2.24, 2.45) is 0 Å². The Bertz CT molecular complexity index is 1520. The molecule has 0 amide bonds. The number of benzene rings is 3. The van der Waals surface area contributed by atoms with Crippen LogP contribution in [0.5, 0.6) is 0 Å². The topological polar surface area (TPSA) is 30.7 Å². The van der Waals surface area contributed by atoms with Crippen LogP contribution < -0.4 is 0 Å². The number of aromatic nitrogens is 3. The lowest BCUT2D eigenvalue weighted by molar-refractivity contribution is 1.06. The van der Waals surface area contributed by atoms with Crippen molar-refractivity contribution in [3.63, 3.8) is 0 Å². The van der Waals surface area contributed by atoms with Gasteiger partial charge in [0.05, 0.1) is 16.9 Å². The van der Waals surface area contributed by atoms with Gasteiger partial charge in [-0.15, -0.1) is 0 Å². The largest absolute Gasteiger partial charge is 0.278 e. The molecule has 31 heavy (non-hydrogen) atoms. The first-order valence-electron chi connectivity index (χ1n) is 10.4. The second-order valence-electron chi connectivity index (χ2n) is 7.53. The summed E-state index contributed by atoms with van der Waals surface area (Å²) in [5, 5.41) is 2.30. The van der Waals surface area contributed by atoms with Crippen molar-refractivity contribution in [1.82, 2.24) is 14.5 Å². The Morgan fingerprint density at radius 3 is 1.84 bits per heavy atom. The van der Waals surface area contributed by atoms with E-state index in [-0.39, 0.29) is 0 Å². The molecule has 146 valence electrons. The van der Waals surface area contributed by atoms with Gasteiger partial charge in [-0.05, 0) is 30.3 Å². The van der Waals surface area contributed by atoms with Gasteiger partial charge >= 0.3 is 0 Å². The van der Waals surface area contributed by atoms with E-state index in [2.05, 4.69) is 83.4 Å². The third-order valence-corrected chi connectivity index (χ3v) is 5.62.